The van der Waals surface area contributed by atoms with Crippen LogP contribution in [0, 0.1) is 22.7 Å². The normalized spacial score (nSPS) is 9.41. The molecular weight excluding hydrogens is 280 g/mol. The van der Waals surface area contributed by atoms with Gasteiger partial charge in [0.2, 0.25) is 5.71 Å². The molecule has 0 aliphatic heterocycles. The lowest BCUT2D eigenvalue weighted by Gasteiger charge is -2.08. The first-order valence-corrected chi connectivity index (χ1v) is 6.64. The molecule has 0 unspecified atom stereocenters. The first-order valence-electron chi connectivity index (χ1n) is 6.64. The molecule has 1 N–H and O–H groups in total. The van der Waals surface area contributed by atoms with Crippen molar-refractivity contribution in [1.82, 2.24) is 9.78 Å². The van der Waals surface area contributed by atoms with Crippen LogP contribution in [-0.2, 0) is 13.2 Å². The van der Waals surface area contributed by atoms with Crippen molar-refractivity contribution in [3.05, 3.63) is 42.2 Å². The fourth-order valence-corrected chi connectivity index (χ4v) is 1.75. The Bertz CT molecular complexity index is 717. The fraction of sp³-hybridized carbons (Fsp3) is 0.200. The van der Waals surface area contributed by atoms with Gasteiger partial charge in [0.25, 0.3) is 0 Å². The maximum atomic E-state index is 8.58. The molecule has 0 fully saturated rings. The maximum Gasteiger partial charge on any atom is 0.237 e. The molecule has 110 valence electrons. The van der Waals surface area contributed by atoms with Gasteiger partial charge in [0.1, 0.15) is 24.5 Å². The van der Waals surface area contributed by atoms with E-state index in [2.05, 4.69) is 15.6 Å². The predicted octanol–water partition coefficient (Wildman–Crippen LogP) is 2.30. The van der Waals surface area contributed by atoms with E-state index >= 15 is 0 Å². The molecule has 0 aliphatic carbocycles. The quantitative estimate of drug-likeness (QED) is 0.651. The zero-order valence-corrected chi connectivity index (χ0v) is 12.0. The molecule has 7 nitrogen and oxygen atoms in total. The lowest BCUT2D eigenvalue weighted by atomic mass is 10.3. The number of anilines is 1. The first kappa shape index (κ1) is 15.1. The average Bonchev–Trinajstić information content (AvgIpc) is 3.02. The van der Waals surface area contributed by atoms with E-state index in [9.17, 15) is 0 Å². The molecule has 0 atom stereocenters. The van der Waals surface area contributed by atoms with Crippen LogP contribution in [-0.4, -0.2) is 15.5 Å². The maximum absolute atomic E-state index is 8.58. The smallest absolute Gasteiger partial charge is 0.237 e. The number of nitriles is 2. The summed E-state index contributed by atoms with van der Waals surface area (Å²) in [5.74, 6) is 0.708. The number of benzene rings is 1. The minimum atomic E-state index is -0.229. The number of aryl methyl sites for hydroxylation is 1. The number of hydrogen-bond acceptors (Lipinski definition) is 6. The zero-order chi connectivity index (χ0) is 15.8. The van der Waals surface area contributed by atoms with E-state index < -0.39 is 0 Å². The molecule has 0 amide bonds. The molecule has 7 heteroatoms. The van der Waals surface area contributed by atoms with Gasteiger partial charge in [-0.3, -0.25) is 10.1 Å². The number of nitrogens with one attached hydrogen (secondary N) is 1. The summed E-state index contributed by atoms with van der Waals surface area (Å²) in [5, 5.41) is 25.0. The van der Waals surface area contributed by atoms with Gasteiger partial charge in [0.05, 0.1) is 11.4 Å². The van der Waals surface area contributed by atoms with Gasteiger partial charge in [-0.2, -0.15) is 20.7 Å². The highest BCUT2D eigenvalue weighted by Crippen LogP contribution is 2.17. The number of ether oxygens (including phenoxy) is 1. The summed E-state index contributed by atoms with van der Waals surface area (Å²) in [6.07, 6.45) is 1.75. The van der Waals surface area contributed by atoms with Gasteiger partial charge < -0.3 is 4.74 Å². The molecule has 1 heterocycles. The van der Waals surface area contributed by atoms with Gasteiger partial charge in [-0.15, -0.1) is 0 Å². The SMILES string of the molecule is CCn1nccc1COc1ccc(NN=C(C#N)C#N)cc1. The molecule has 1 aromatic carbocycles. The van der Waals surface area contributed by atoms with Crippen LogP contribution in [0.2, 0.25) is 0 Å². The van der Waals surface area contributed by atoms with E-state index in [1.165, 1.54) is 0 Å². The van der Waals surface area contributed by atoms with Crippen molar-refractivity contribution in [2.45, 2.75) is 20.1 Å². The van der Waals surface area contributed by atoms with Crippen LogP contribution in [0.5, 0.6) is 5.75 Å². The molecule has 2 aromatic rings. The highest BCUT2D eigenvalue weighted by molar-refractivity contribution is 6.10. The molecule has 0 radical (unpaired) electrons. The summed E-state index contributed by atoms with van der Waals surface area (Å²) < 4.78 is 7.56. The van der Waals surface area contributed by atoms with Crippen LogP contribution in [0.3, 0.4) is 0 Å². The van der Waals surface area contributed by atoms with Crippen molar-refractivity contribution < 1.29 is 4.74 Å². The van der Waals surface area contributed by atoms with Gasteiger partial charge in [-0.25, -0.2) is 0 Å². The number of rotatable bonds is 6. The van der Waals surface area contributed by atoms with E-state index in [0.29, 0.717) is 18.0 Å². The lowest BCUT2D eigenvalue weighted by molar-refractivity contribution is 0.292. The second-order valence-electron chi connectivity index (χ2n) is 4.25. The molecular formula is C15H14N6O. The zero-order valence-electron chi connectivity index (χ0n) is 12.0. The molecule has 0 spiro atoms. The Hall–Kier alpha value is -3.32. The lowest BCUT2D eigenvalue weighted by Crippen LogP contribution is -2.05. The minimum absolute atomic E-state index is 0.229. The monoisotopic (exact) mass is 294 g/mol. The molecule has 22 heavy (non-hydrogen) atoms. The van der Waals surface area contributed by atoms with Crippen molar-refractivity contribution >= 4 is 11.4 Å². The molecule has 0 saturated carbocycles. The molecule has 0 aliphatic rings. The Balaban J connectivity index is 1.94. The highest BCUT2D eigenvalue weighted by Gasteiger charge is 2.02. The third-order valence-corrected chi connectivity index (χ3v) is 2.85. The van der Waals surface area contributed by atoms with Crippen LogP contribution < -0.4 is 10.2 Å². The highest BCUT2D eigenvalue weighted by atomic mass is 16.5. The standard InChI is InChI=1S/C15H14N6O/c1-2-21-14(7-8-18-21)11-22-15-5-3-12(4-6-15)19-20-13(9-16)10-17/h3-8,19H,2,11H2,1H3. The summed E-state index contributed by atoms with van der Waals surface area (Å²) in [4.78, 5) is 0. The van der Waals surface area contributed by atoms with Crippen molar-refractivity contribution in [2.75, 3.05) is 5.43 Å². The third-order valence-electron chi connectivity index (χ3n) is 2.85. The van der Waals surface area contributed by atoms with Crippen LogP contribution in [0.25, 0.3) is 0 Å². The average molecular weight is 294 g/mol. The van der Waals surface area contributed by atoms with Gasteiger partial charge in [-0.1, -0.05) is 0 Å². The van der Waals surface area contributed by atoms with Gasteiger partial charge >= 0.3 is 0 Å². The second-order valence-corrected chi connectivity index (χ2v) is 4.25. The number of hydrogen-bond donors (Lipinski definition) is 1. The number of nitrogens with zero attached hydrogens (tertiary/aromatic N) is 5. The van der Waals surface area contributed by atoms with Crippen molar-refractivity contribution in [1.29, 1.82) is 10.5 Å². The topological polar surface area (TPSA) is 99.0 Å². The summed E-state index contributed by atoms with van der Waals surface area (Å²) in [6.45, 7) is 3.26. The molecule has 1 aromatic heterocycles. The number of hydrazone groups is 1. The second kappa shape index (κ2) is 7.46. The Labute approximate surface area is 128 Å². The minimum Gasteiger partial charge on any atom is -0.487 e. The Kier molecular flexibility index (Phi) is 5.11. The number of aromatic nitrogens is 2. The van der Waals surface area contributed by atoms with E-state index in [-0.39, 0.29) is 5.71 Å². The third kappa shape index (κ3) is 3.84. The van der Waals surface area contributed by atoms with Crippen LogP contribution in [0.4, 0.5) is 5.69 Å². The Morgan fingerprint density at radius 3 is 2.64 bits per heavy atom. The summed E-state index contributed by atoms with van der Waals surface area (Å²) in [6, 6.07) is 12.3. The molecule has 2 rings (SSSR count). The fourth-order valence-electron chi connectivity index (χ4n) is 1.75. The van der Waals surface area contributed by atoms with Gasteiger partial charge in [0.15, 0.2) is 0 Å². The summed E-state index contributed by atoms with van der Waals surface area (Å²) in [5.41, 5.74) is 4.07. The van der Waals surface area contributed by atoms with Crippen LogP contribution >= 0.6 is 0 Å². The van der Waals surface area contributed by atoms with Gasteiger partial charge in [0, 0.05) is 12.7 Å². The van der Waals surface area contributed by atoms with E-state index in [0.717, 1.165) is 12.2 Å². The van der Waals surface area contributed by atoms with Crippen LogP contribution in [0.15, 0.2) is 41.6 Å². The van der Waals surface area contributed by atoms with Crippen LogP contribution in [0.1, 0.15) is 12.6 Å². The van der Waals surface area contributed by atoms with E-state index in [1.54, 1.807) is 42.6 Å². The van der Waals surface area contributed by atoms with E-state index in [1.807, 2.05) is 17.7 Å². The Morgan fingerprint density at radius 1 is 1.27 bits per heavy atom. The van der Waals surface area contributed by atoms with Crippen molar-refractivity contribution in [3.63, 3.8) is 0 Å². The van der Waals surface area contributed by atoms with Crippen molar-refractivity contribution in [3.8, 4) is 17.9 Å². The summed E-state index contributed by atoms with van der Waals surface area (Å²) in [7, 11) is 0. The first-order chi connectivity index (χ1) is 10.8. The summed E-state index contributed by atoms with van der Waals surface area (Å²) >= 11 is 0. The van der Waals surface area contributed by atoms with Gasteiger partial charge in [-0.05, 0) is 37.3 Å². The predicted molar refractivity (Wildman–Crippen MR) is 81.0 cm³/mol. The largest absolute Gasteiger partial charge is 0.487 e. The molecule has 0 bridgehead atoms. The molecule has 0 saturated heterocycles. The van der Waals surface area contributed by atoms with Crippen molar-refractivity contribution in [2.24, 2.45) is 5.10 Å². The van der Waals surface area contributed by atoms with E-state index in [4.69, 9.17) is 15.3 Å². The Morgan fingerprint density at radius 2 is 2.00 bits per heavy atom.